The standard InChI is InChI=1S/C14H15N5O3/c1-19-10(4-5-12(19)20)14-17-11(18-22-14)8-16-13(21)9-3-2-6-15-7-9/h2-3,6-7,10H,4-5,8H2,1H3,(H,16,21)/t10-/m0/s1. The highest BCUT2D eigenvalue weighted by molar-refractivity contribution is 5.93. The molecule has 8 heteroatoms. The first-order valence-electron chi connectivity index (χ1n) is 6.91. The fraction of sp³-hybridized carbons (Fsp3) is 0.357. The van der Waals surface area contributed by atoms with E-state index in [0.717, 1.165) is 0 Å². The van der Waals surface area contributed by atoms with Crippen LogP contribution in [0, 0.1) is 0 Å². The molecule has 8 nitrogen and oxygen atoms in total. The Balaban J connectivity index is 1.61. The monoisotopic (exact) mass is 301 g/mol. The average molecular weight is 301 g/mol. The van der Waals surface area contributed by atoms with Crippen molar-refractivity contribution in [2.45, 2.75) is 25.4 Å². The Morgan fingerprint density at radius 3 is 3.09 bits per heavy atom. The van der Waals surface area contributed by atoms with Gasteiger partial charge in [-0.15, -0.1) is 0 Å². The van der Waals surface area contributed by atoms with Crippen LogP contribution in [0.1, 0.15) is 41.0 Å². The van der Waals surface area contributed by atoms with Crippen LogP contribution in [0.15, 0.2) is 29.0 Å². The van der Waals surface area contributed by atoms with Gasteiger partial charge in [-0.25, -0.2) is 0 Å². The van der Waals surface area contributed by atoms with Crippen molar-refractivity contribution in [3.63, 3.8) is 0 Å². The zero-order chi connectivity index (χ0) is 15.5. The van der Waals surface area contributed by atoms with Gasteiger partial charge in [-0.3, -0.25) is 14.6 Å². The summed E-state index contributed by atoms with van der Waals surface area (Å²) >= 11 is 0. The third kappa shape index (κ3) is 2.80. The van der Waals surface area contributed by atoms with Crippen LogP contribution in [0.3, 0.4) is 0 Å². The number of hydrogen-bond donors (Lipinski definition) is 1. The Hall–Kier alpha value is -2.77. The second kappa shape index (κ2) is 5.92. The first kappa shape index (κ1) is 14.2. The molecule has 1 atom stereocenters. The lowest BCUT2D eigenvalue weighted by Gasteiger charge is -2.14. The fourth-order valence-electron chi connectivity index (χ4n) is 2.33. The Morgan fingerprint density at radius 2 is 2.41 bits per heavy atom. The van der Waals surface area contributed by atoms with Crippen LogP contribution in [0.25, 0.3) is 0 Å². The summed E-state index contributed by atoms with van der Waals surface area (Å²) in [5.74, 6) is 0.584. The highest BCUT2D eigenvalue weighted by Crippen LogP contribution is 2.29. The number of hydrogen-bond acceptors (Lipinski definition) is 6. The molecular weight excluding hydrogens is 286 g/mol. The molecule has 0 spiro atoms. The van der Waals surface area contributed by atoms with E-state index in [4.69, 9.17) is 4.52 Å². The van der Waals surface area contributed by atoms with Gasteiger partial charge < -0.3 is 14.7 Å². The van der Waals surface area contributed by atoms with Crippen molar-refractivity contribution in [2.24, 2.45) is 0 Å². The molecule has 0 unspecified atom stereocenters. The van der Waals surface area contributed by atoms with E-state index in [1.807, 2.05) is 0 Å². The maximum atomic E-state index is 11.9. The largest absolute Gasteiger partial charge is 0.345 e. The number of nitrogens with one attached hydrogen (secondary N) is 1. The van der Waals surface area contributed by atoms with Crippen LogP contribution in [0.5, 0.6) is 0 Å². The van der Waals surface area contributed by atoms with Crippen molar-refractivity contribution in [1.29, 1.82) is 0 Å². The van der Waals surface area contributed by atoms with E-state index in [0.29, 0.717) is 30.1 Å². The first-order valence-corrected chi connectivity index (χ1v) is 6.91. The molecule has 2 aromatic rings. The summed E-state index contributed by atoms with van der Waals surface area (Å²) in [5, 5.41) is 6.53. The second-order valence-corrected chi connectivity index (χ2v) is 5.03. The lowest BCUT2D eigenvalue weighted by atomic mass is 10.2. The summed E-state index contributed by atoms with van der Waals surface area (Å²) in [4.78, 5) is 33.1. The molecule has 2 aromatic heterocycles. The summed E-state index contributed by atoms with van der Waals surface area (Å²) < 4.78 is 5.19. The molecule has 1 fully saturated rings. The molecule has 0 saturated carbocycles. The number of aromatic nitrogens is 3. The van der Waals surface area contributed by atoms with Gasteiger partial charge in [-0.2, -0.15) is 4.98 Å². The average Bonchev–Trinajstić information content (AvgIpc) is 3.13. The van der Waals surface area contributed by atoms with E-state index in [1.165, 1.54) is 6.20 Å². The van der Waals surface area contributed by atoms with E-state index in [2.05, 4.69) is 20.4 Å². The van der Waals surface area contributed by atoms with Crippen molar-refractivity contribution in [3.8, 4) is 0 Å². The number of nitrogens with zero attached hydrogens (tertiary/aromatic N) is 4. The van der Waals surface area contributed by atoms with Gasteiger partial charge in [0.15, 0.2) is 5.82 Å². The van der Waals surface area contributed by atoms with Gasteiger partial charge in [-0.1, -0.05) is 5.16 Å². The smallest absolute Gasteiger partial charge is 0.253 e. The number of amides is 2. The topological polar surface area (TPSA) is 101 Å². The van der Waals surface area contributed by atoms with E-state index in [9.17, 15) is 9.59 Å². The molecule has 3 heterocycles. The van der Waals surface area contributed by atoms with Crippen LogP contribution in [0.2, 0.25) is 0 Å². The van der Waals surface area contributed by atoms with Crippen molar-refractivity contribution in [2.75, 3.05) is 7.05 Å². The van der Waals surface area contributed by atoms with Crippen molar-refractivity contribution >= 4 is 11.8 Å². The van der Waals surface area contributed by atoms with E-state index in [1.54, 1.807) is 30.3 Å². The molecule has 1 aliphatic rings. The van der Waals surface area contributed by atoms with Crippen molar-refractivity contribution < 1.29 is 14.1 Å². The van der Waals surface area contributed by atoms with Gasteiger partial charge in [0, 0.05) is 25.9 Å². The van der Waals surface area contributed by atoms with Crippen LogP contribution in [0.4, 0.5) is 0 Å². The molecule has 22 heavy (non-hydrogen) atoms. The molecule has 0 radical (unpaired) electrons. The SMILES string of the molecule is CN1C(=O)CC[C@H]1c1nc(CNC(=O)c2cccnc2)no1. The summed E-state index contributed by atoms with van der Waals surface area (Å²) in [6.07, 6.45) is 4.23. The molecule has 1 saturated heterocycles. The summed E-state index contributed by atoms with van der Waals surface area (Å²) in [7, 11) is 1.72. The van der Waals surface area contributed by atoms with Crippen LogP contribution in [-0.4, -0.2) is 38.9 Å². The summed E-state index contributed by atoms with van der Waals surface area (Å²) in [5.41, 5.74) is 0.465. The van der Waals surface area contributed by atoms with Crippen molar-refractivity contribution in [3.05, 3.63) is 41.8 Å². The minimum absolute atomic E-state index is 0.0645. The Kier molecular flexibility index (Phi) is 3.82. The summed E-state index contributed by atoms with van der Waals surface area (Å²) in [6, 6.07) is 3.18. The number of likely N-dealkylation sites (tertiary alicyclic amines) is 1. The maximum Gasteiger partial charge on any atom is 0.253 e. The van der Waals surface area contributed by atoms with Crippen LogP contribution < -0.4 is 5.32 Å². The molecular formula is C14H15N5O3. The third-order valence-corrected chi connectivity index (χ3v) is 3.59. The number of rotatable bonds is 4. The normalized spacial score (nSPS) is 17.8. The minimum Gasteiger partial charge on any atom is -0.345 e. The van der Waals surface area contributed by atoms with Gasteiger partial charge in [0.05, 0.1) is 12.1 Å². The zero-order valence-electron chi connectivity index (χ0n) is 12.0. The van der Waals surface area contributed by atoms with Crippen LogP contribution in [-0.2, 0) is 11.3 Å². The highest BCUT2D eigenvalue weighted by Gasteiger charge is 2.33. The Morgan fingerprint density at radius 1 is 1.55 bits per heavy atom. The highest BCUT2D eigenvalue weighted by atomic mass is 16.5. The maximum absolute atomic E-state index is 11.9. The summed E-state index contributed by atoms with van der Waals surface area (Å²) in [6.45, 7) is 0.154. The van der Waals surface area contributed by atoms with Gasteiger partial charge in [0.25, 0.3) is 5.91 Å². The molecule has 2 amide bonds. The zero-order valence-corrected chi connectivity index (χ0v) is 12.0. The molecule has 0 aliphatic carbocycles. The number of carbonyl (C=O) groups excluding carboxylic acids is 2. The Labute approximate surface area is 126 Å². The fourth-order valence-corrected chi connectivity index (χ4v) is 2.33. The van der Waals surface area contributed by atoms with Gasteiger partial charge in [0.1, 0.15) is 6.04 Å². The number of pyridine rings is 1. The van der Waals surface area contributed by atoms with Crippen LogP contribution >= 0.6 is 0 Å². The minimum atomic E-state index is -0.257. The van der Waals surface area contributed by atoms with Gasteiger partial charge in [0.2, 0.25) is 11.8 Å². The lowest BCUT2D eigenvalue weighted by molar-refractivity contribution is -0.127. The number of carbonyl (C=O) groups is 2. The Bertz CT molecular complexity index is 685. The molecule has 1 N–H and O–H groups in total. The lowest BCUT2D eigenvalue weighted by Crippen LogP contribution is -2.24. The second-order valence-electron chi connectivity index (χ2n) is 5.03. The predicted molar refractivity (Wildman–Crippen MR) is 74.5 cm³/mol. The predicted octanol–water partition coefficient (Wildman–Crippen LogP) is 0.688. The molecule has 0 bridgehead atoms. The van der Waals surface area contributed by atoms with Gasteiger partial charge in [-0.05, 0) is 18.6 Å². The molecule has 3 rings (SSSR count). The van der Waals surface area contributed by atoms with E-state index in [-0.39, 0.29) is 24.4 Å². The first-order chi connectivity index (χ1) is 10.6. The van der Waals surface area contributed by atoms with Gasteiger partial charge >= 0.3 is 0 Å². The molecule has 114 valence electrons. The quantitative estimate of drug-likeness (QED) is 0.891. The van der Waals surface area contributed by atoms with Crippen molar-refractivity contribution in [1.82, 2.24) is 25.3 Å². The third-order valence-electron chi connectivity index (χ3n) is 3.59. The molecule has 0 aromatic carbocycles. The molecule has 1 aliphatic heterocycles. The van der Waals surface area contributed by atoms with E-state index < -0.39 is 0 Å². The van der Waals surface area contributed by atoms with E-state index >= 15 is 0 Å².